The number of fused-ring (bicyclic) bond motifs is 9. The van der Waals surface area contributed by atoms with E-state index < -0.39 is 6.17 Å². The highest BCUT2D eigenvalue weighted by Gasteiger charge is 2.31. The monoisotopic (exact) mass is 744 g/mol. The van der Waals surface area contributed by atoms with Crippen molar-refractivity contribution in [1.82, 2.24) is 14.0 Å². The summed E-state index contributed by atoms with van der Waals surface area (Å²) < 4.78 is 11.5. The molecule has 8 aromatic carbocycles. The van der Waals surface area contributed by atoms with Crippen molar-refractivity contribution in [2.24, 2.45) is 4.99 Å². The number of benzene rings is 8. The van der Waals surface area contributed by atoms with E-state index in [0.717, 1.165) is 78.0 Å². The first kappa shape index (κ1) is 32.6. The van der Waals surface area contributed by atoms with E-state index in [2.05, 4.69) is 209 Å². The minimum atomic E-state index is -0.395. The maximum absolute atomic E-state index is 6.72. The number of hydrogen-bond donors (Lipinski definition) is 0. The van der Waals surface area contributed by atoms with E-state index in [1.807, 2.05) is 6.07 Å². The molecule has 274 valence electrons. The summed E-state index contributed by atoms with van der Waals surface area (Å²) in [6.07, 6.45) is 1.91. The lowest BCUT2D eigenvalue weighted by molar-refractivity contribution is 0.364. The van der Waals surface area contributed by atoms with Crippen LogP contribution in [0, 0.1) is 0 Å². The average molecular weight is 745 g/mol. The van der Waals surface area contributed by atoms with E-state index in [4.69, 9.17) is 9.41 Å². The van der Waals surface area contributed by atoms with E-state index in [1.54, 1.807) is 0 Å². The number of rotatable bonds is 5. The molecule has 0 saturated heterocycles. The molecule has 12 rings (SSSR count). The van der Waals surface area contributed by atoms with Crippen LogP contribution in [0.5, 0.6) is 0 Å². The fraction of sp³-hybridized carbons (Fsp3) is 0.0377. The lowest BCUT2D eigenvalue weighted by Gasteiger charge is -2.34. The lowest BCUT2D eigenvalue weighted by atomic mass is 9.97. The second-order valence-electron chi connectivity index (χ2n) is 15.1. The molecular weight excluding hydrogens is 709 g/mol. The van der Waals surface area contributed by atoms with Crippen molar-refractivity contribution in [3.63, 3.8) is 0 Å². The molecule has 11 aromatic rings. The molecule has 58 heavy (non-hydrogen) atoms. The van der Waals surface area contributed by atoms with Gasteiger partial charge in [0.05, 0.1) is 27.8 Å². The molecule has 1 aliphatic rings. The van der Waals surface area contributed by atoms with Crippen molar-refractivity contribution in [2.45, 2.75) is 6.17 Å². The minimum absolute atomic E-state index is 0.395. The zero-order valence-electron chi connectivity index (χ0n) is 31.7. The van der Waals surface area contributed by atoms with Crippen LogP contribution in [0.4, 0.5) is 0 Å². The van der Waals surface area contributed by atoms with Gasteiger partial charge in [-0.05, 0) is 48.5 Å². The van der Waals surface area contributed by atoms with E-state index in [0.29, 0.717) is 0 Å². The first-order valence-electron chi connectivity index (χ1n) is 19.8. The summed E-state index contributed by atoms with van der Waals surface area (Å²) in [7, 11) is 2.17. The smallest absolute Gasteiger partial charge is 0.151 e. The van der Waals surface area contributed by atoms with Crippen LogP contribution < -0.4 is 0 Å². The Morgan fingerprint density at radius 1 is 0.448 bits per heavy atom. The zero-order valence-corrected chi connectivity index (χ0v) is 31.7. The van der Waals surface area contributed by atoms with Crippen molar-refractivity contribution < 1.29 is 4.42 Å². The number of allylic oxidation sites excluding steroid dienone is 1. The predicted molar refractivity (Wildman–Crippen MR) is 240 cm³/mol. The molecular formula is C53H36N4O. The Hall–Kier alpha value is -7.63. The van der Waals surface area contributed by atoms with Gasteiger partial charge in [0, 0.05) is 73.1 Å². The summed E-state index contributed by atoms with van der Waals surface area (Å²) in [6.45, 7) is 0. The van der Waals surface area contributed by atoms with Gasteiger partial charge in [-0.15, -0.1) is 0 Å². The number of hydrogen-bond acceptors (Lipinski definition) is 3. The van der Waals surface area contributed by atoms with Gasteiger partial charge in [0.1, 0.15) is 11.2 Å². The molecule has 3 aromatic heterocycles. The first-order chi connectivity index (χ1) is 28.7. The molecule has 5 heteroatoms. The SMILES string of the molecule is CN1C(c2cccc3c4ccccc4n(-c4ccccc4)c23)=CC(c2cccc3c4ccccc4n(-c4ccccc4)c23)=NC1c1cccc2c1oc1ccccc12. The van der Waals surface area contributed by atoms with Crippen LogP contribution in [0.25, 0.3) is 82.6 Å². The standard InChI is InChI=1S/C53H36N4O/c1-55-48(43-28-15-25-40-37-22-9-12-31-47(37)57(51(40)43)35-19-6-3-7-20-35)33-45(54-53(55)44-29-16-26-41-38-23-10-13-32-49(38)58-52(41)44)42-27-14-24-39-36-21-8-11-30-46(36)56(50(39)42)34-17-4-2-5-18-34/h2-33,53H,1H3. The van der Waals surface area contributed by atoms with Crippen molar-refractivity contribution in [3.8, 4) is 11.4 Å². The Labute approximate surface area is 334 Å². The topological polar surface area (TPSA) is 38.6 Å². The van der Waals surface area contributed by atoms with Crippen LogP contribution in [-0.2, 0) is 0 Å². The molecule has 1 aliphatic heterocycles. The fourth-order valence-corrected chi connectivity index (χ4v) is 9.43. The Morgan fingerprint density at radius 2 is 0.948 bits per heavy atom. The highest BCUT2D eigenvalue weighted by Crippen LogP contribution is 2.44. The molecule has 0 amide bonds. The summed E-state index contributed by atoms with van der Waals surface area (Å²) in [4.78, 5) is 8.08. The van der Waals surface area contributed by atoms with Gasteiger partial charge in [-0.25, -0.2) is 0 Å². The molecule has 5 nitrogen and oxygen atoms in total. The number of nitrogens with zero attached hydrogens (tertiary/aromatic N) is 4. The molecule has 4 heterocycles. The molecule has 1 unspecified atom stereocenters. The third-order valence-corrected chi connectivity index (χ3v) is 12.0. The summed E-state index contributed by atoms with van der Waals surface area (Å²) in [5.74, 6) is 0. The van der Waals surface area contributed by atoms with Crippen molar-refractivity contribution in [1.29, 1.82) is 0 Å². The van der Waals surface area contributed by atoms with Gasteiger partial charge >= 0.3 is 0 Å². The highest BCUT2D eigenvalue weighted by atomic mass is 16.3. The normalized spacial score (nSPS) is 14.6. The molecule has 0 radical (unpaired) electrons. The largest absolute Gasteiger partial charge is 0.456 e. The maximum Gasteiger partial charge on any atom is 0.151 e. The van der Waals surface area contributed by atoms with Crippen LogP contribution in [-0.4, -0.2) is 26.8 Å². The Morgan fingerprint density at radius 3 is 1.60 bits per heavy atom. The van der Waals surface area contributed by atoms with E-state index in [9.17, 15) is 0 Å². The summed E-state index contributed by atoms with van der Waals surface area (Å²) in [5.41, 5.74) is 13.8. The molecule has 0 fully saturated rings. The zero-order chi connectivity index (χ0) is 38.3. The van der Waals surface area contributed by atoms with Gasteiger partial charge in [-0.1, -0.05) is 146 Å². The molecule has 0 bridgehead atoms. The number of para-hydroxylation sites is 8. The number of aromatic nitrogens is 2. The number of furan rings is 1. The van der Waals surface area contributed by atoms with Gasteiger partial charge < -0.3 is 18.5 Å². The van der Waals surface area contributed by atoms with Crippen LogP contribution in [0.2, 0.25) is 0 Å². The third-order valence-electron chi connectivity index (χ3n) is 12.0. The van der Waals surface area contributed by atoms with Crippen LogP contribution in [0.1, 0.15) is 22.9 Å². The van der Waals surface area contributed by atoms with E-state index in [-0.39, 0.29) is 0 Å². The fourth-order valence-electron chi connectivity index (χ4n) is 9.43. The molecule has 0 N–H and O–H groups in total. The van der Waals surface area contributed by atoms with Crippen LogP contribution in [0.15, 0.2) is 204 Å². The van der Waals surface area contributed by atoms with Crippen molar-refractivity contribution >= 4 is 77.0 Å². The lowest BCUT2D eigenvalue weighted by Crippen LogP contribution is -2.28. The van der Waals surface area contributed by atoms with Crippen molar-refractivity contribution in [3.05, 3.63) is 211 Å². The second kappa shape index (κ2) is 12.7. The third kappa shape index (κ3) is 4.74. The summed E-state index contributed by atoms with van der Waals surface area (Å²) in [6, 6.07) is 67.0. The Bertz CT molecular complexity index is 3480. The van der Waals surface area contributed by atoms with Crippen molar-refractivity contribution in [2.75, 3.05) is 7.05 Å². The van der Waals surface area contributed by atoms with Gasteiger partial charge in [0.25, 0.3) is 0 Å². The molecule has 1 atom stereocenters. The van der Waals surface area contributed by atoms with Crippen LogP contribution in [0.3, 0.4) is 0 Å². The summed E-state index contributed by atoms with van der Waals surface area (Å²) in [5, 5.41) is 7.02. The molecule has 0 saturated carbocycles. The highest BCUT2D eigenvalue weighted by molar-refractivity contribution is 6.24. The van der Waals surface area contributed by atoms with Gasteiger partial charge in [-0.3, -0.25) is 4.99 Å². The molecule has 0 aliphatic carbocycles. The second-order valence-corrected chi connectivity index (χ2v) is 15.1. The maximum atomic E-state index is 6.72. The van der Waals surface area contributed by atoms with Gasteiger partial charge in [-0.2, -0.15) is 0 Å². The number of aliphatic imine (C=N–C) groups is 1. The summed E-state index contributed by atoms with van der Waals surface area (Å²) >= 11 is 0. The van der Waals surface area contributed by atoms with E-state index in [1.165, 1.54) is 27.1 Å². The quantitative estimate of drug-likeness (QED) is 0.176. The predicted octanol–water partition coefficient (Wildman–Crippen LogP) is 13.3. The Kier molecular flexibility index (Phi) is 7.14. The van der Waals surface area contributed by atoms with Crippen LogP contribution >= 0.6 is 0 Å². The first-order valence-corrected chi connectivity index (χ1v) is 19.8. The van der Waals surface area contributed by atoms with Gasteiger partial charge in [0.2, 0.25) is 0 Å². The minimum Gasteiger partial charge on any atom is -0.456 e. The average Bonchev–Trinajstić information content (AvgIpc) is 3.95. The Balaban J connectivity index is 1.18. The molecule has 0 spiro atoms. The van der Waals surface area contributed by atoms with E-state index >= 15 is 0 Å². The van der Waals surface area contributed by atoms with Gasteiger partial charge in [0.15, 0.2) is 6.17 Å².